The number of nitrogens with two attached hydrogens (primary N) is 1. The molecule has 7 heteroatoms. The third-order valence-electron chi connectivity index (χ3n) is 3.54. The standard InChI is InChI=1S/C14H14N4O3/c15-8-5-4-7(6-8)12(19)16-10-3-1-2-9-11(10)14(21)18-17-13(9)20/h1-5,7-8H,6,15H2,(H,16,19)(H,17,20)(H,18,21). The number of rotatable bonds is 2. The normalized spacial score (nSPS) is 20.8. The van der Waals surface area contributed by atoms with E-state index in [1.807, 2.05) is 0 Å². The molecular weight excluding hydrogens is 272 g/mol. The first-order valence-electron chi connectivity index (χ1n) is 6.54. The average Bonchev–Trinajstić information content (AvgIpc) is 2.90. The van der Waals surface area contributed by atoms with E-state index in [-0.39, 0.29) is 28.6 Å². The molecule has 0 bridgehead atoms. The average molecular weight is 286 g/mol. The molecule has 21 heavy (non-hydrogen) atoms. The highest BCUT2D eigenvalue weighted by Crippen LogP contribution is 2.21. The number of carbonyl (C=O) groups is 1. The maximum Gasteiger partial charge on any atom is 0.272 e. The summed E-state index contributed by atoms with van der Waals surface area (Å²) in [7, 11) is 0. The maximum atomic E-state index is 12.2. The van der Waals surface area contributed by atoms with Crippen molar-refractivity contribution in [3.05, 3.63) is 51.1 Å². The zero-order valence-corrected chi connectivity index (χ0v) is 11.1. The topological polar surface area (TPSA) is 121 Å². The highest BCUT2D eigenvalue weighted by atomic mass is 16.2. The van der Waals surface area contributed by atoms with Crippen LogP contribution in [0, 0.1) is 5.92 Å². The van der Waals surface area contributed by atoms with Crippen LogP contribution in [0.15, 0.2) is 39.9 Å². The van der Waals surface area contributed by atoms with Gasteiger partial charge >= 0.3 is 0 Å². The van der Waals surface area contributed by atoms with E-state index in [2.05, 4.69) is 15.5 Å². The summed E-state index contributed by atoms with van der Waals surface area (Å²) >= 11 is 0. The predicted octanol–water partition coefficient (Wildman–Crippen LogP) is 0.0583. The van der Waals surface area contributed by atoms with Crippen molar-refractivity contribution in [3.8, 4) is 0 Å². The van der Waals surface area contributed by atoms with E-state index < -0.39 is 11.1 Å². The molecule has 7 nitrogen and oxygen atoms in total. The molecule has 2 unspecified atom stereocenters. The van der Waals surface area contributed by atoms with Crippen molar-refractivity contribution in [2.45, 2.75) is 12.5 Å². The molecule has 2 atom stereocenters. The van der Waals surface area contributed by atoms with E-state index in [0.29, 0.717) is 12.1 Å². The first-order valence-corrected chi connectivity index (χ1v) is 6.54. The SMILES string of the molecule is NC1C=CC(C(=O)Nc2cccc3c(=O)[nH][nH]c(=O)c23)C1. The first kappa shape index (κ1) is 13.3. The third-order valence-corrected chi connectivity index (χ3v) is 3.54. The molecule has 0 radical (unpaired) electrons. The van der Waals surface area contributed by atoms with Gasteiger partial charge in [-0.2, -0.15) is 0 Å². The number of amides is 1. The summed E-state index contributed by atoms with van der Waals surface area (Å²) in [4.78, 5) is 35.8. The number of benzene rings is 1. The van der Waals surface area contributed by atoms with Crippen LogP contribution in [0.2, 0.25) is 0 Å². The Kier molecular flexibility index (Phi) is 3.19. The van der Waals surface area contributed by atoms with Crippen molar-refractivity contribution < 1.29 is 4.79 Å². The van der Waals surface area contributed by atoms with Crippen molar-refractivity contribution in [2.75, 3.05) is 5.32 Å². The molecule has 1 aromatic carbocycles. The van der Waals surface area contributed by atoms with Gasteiger partial charge in [0.15, 0.2) is 0 Å². The maximum absolute atomic E-state index is 12.2. The van der Waals surface area contributed by atoms with Gasteiger partial charge in [0, 0.05) is 6.04 Å². The molecule has 0 spiro atoms. The Hall–Kier alpha value is -2.67. The fourth-order valence-corrected chi connectivity index (χ4v) is 2.48. The molecule has 0 saturated heterocycles. The molecule has 1 heterocycles. The van der Waals surface area contributed by atoms with Gasteiger partial charge in [-0.15, -0.1) is 0 Å². The van der Waals surface area contributed by atoms with Gasteiger partial charge in [-0.1, -0.05) is 18.2 Å². The number of nitrogens with one attached hydrogen (secondary N) is 3. The summed E-state index contributed by atoms with van der Waals surface area (Å²) in [5.41, 5.74) is 5.17. The summed E-state index contributed by atoms with van der Waals surface area (Å²) in [5.74, 6) is -0.567. The largest absolute Gasteiger partial charge is 0.325 e. The molecule has 0 saturated carbocycles. The molecule has 0 aliphatic heterocycles. The van der Waals surface area contributed by atoms with Crippen LogP contribution in [-0.2, 0) is 4.79 Å². The van der Waals surface area contributed by atoms with Gasteiger partial charge in [-0.3, -0.25) is 24.6 Å². The lowest BCUT2D eigenvalue weighted by molar-refractivity contribution is -0.118. The molecule has 0 fully saturated rings. The van der Waals surface area contributed by atoms with Crippen LogP contribution in [0.5, 0.6) is 0 Å². The van der Waals surface area contributed by atoms with Crippen LogP contribution in [-0.4, -0.2) is 22.1 Å². The van der Waals surface area contributed by atoms with Gasteiger partial charge in [0.1, 0.15) is 0 Å². The van der Waals surface area contributed by atoms with Crippen LogP contribution in [0.3, 0.4) is 0 Å². The lowest BCUT2D eigenvalue weighted by atomic mass is 10.1. The number of hydrogen-bond donors (Lipinski definition) is 4. The van der Waals surface area contributed by atoms with Crippen LogP contribution in [0.1, 0.15) is 6.42 Å². The smallest absolute Gasteiger partial charge is 0.272 e. The van der Waals surface area contributed by atoms with Crippen molar-refractivity contribution in [1.82, 2.24) is 10.2 Å². The Labute approximate surface area is 118 Å². The Morgan fingerprint density at radius 2 is 1.95 bits per heavy atom. The highest BCUT2D eigenvalue weighted by molar-refractivity contribution is 6.02. The van der Waals surface area contributed by atoms with Crippen LogP contribution >= 0.6 is 0 Å². The van der Waals surface area contributed by atoms with E-state index in [4.69, 9.17) is 5.73 Å². The lowest BCUT2D eigenvalue weighted by Gasteiger charge is -2.11. The monoisotopic (exact) mass is 286 g/mol. The fraction of sp³-hybridized carbons (Fsp3) is 0.214. The van der Waals surface area contributed by atoms with Gasteiger partial charge < -0.3 is 11.1 Å². The number of aromatic amines is 2. The molecule has 1 aromatic heterocycles. The van der Waals surface area contributed by atoms with Gasteiger partial charge in [0.05, 0.1) is 22.4 Å². The van der Waals surface area contributed by atoms with Gasteiger partial charge in [-0.25, -0.2) is 0 Å². The highest BCUT2D eigenvalue weighted by Gasteiger charge is 2.23. The molecular formula is C14H14N4O3. The quantitative estimate of drug-likeness (QED) is 0.583. The number of carbonyl (C=O) groups excluding carboxylic acids is 1. The second kappa shape index (κ2) is 5.02. The summed E-state index contributed by atoms with van der Waals surface area (Å²) in [5, 5.41) is 7.60. The minimum Gasteiger partial charge on any atom is -0.325 e. The van der Waals surface area contributed by atoms with E-state index >= 15 is 0 Å². The Bertz CT molecular complexity index is 849. The second-order valence-electron chi connectivity index (χ2n) is 5.02. The zero-order valence-electron chi connectivity index (χ0n) is 11.1. The van der Waals surface area contributed by atoms with Crippen LogP contribution < -0.4 is 22.2 Å². The molecule has 1 aliphatic rings. The number of H-pyrrole nitrogens is 2. The molecule has 1 aliphatic carbocycles. The van der Waals surface area contributed by atoms with E-state index in [0.717, 1.165) is 0 Å². The Morgan fingerprint density at radius 3 is 2.67 bits per heavy atom. The Morgan fingerprint density at radius 1 is 1.19 bits per heavy atom. The number of aromatic nitrogens is 2. The van der Waals surface area contributed by atoms with E-state index in [1.54, 1.807) is 24.3 Å². The summed E-state index contributed by atoms with van der Waals surface area (Å²) in [6, 6.07) is 4.61. The molecule has 1 amide bonds. The third kappa shape index (κ3) is 2.38. The second-order valence-corrected chi connectivity index (χ2v) is 5.02. The number of hydrogen-bond acceptors (Lipinski definition) is 4. The van der Waals surface area contributed by atoms with Crippen molar-refractivity contribution in [1.29, 1.82) is 0 Å². The molecule has 108 valence electrons. The molecule has 3 rings (SSSR count). The number of fused-ring (bicyclic) bond motifs is 1. The van der Waals surface area contributed by atoms with Crippen molar-refractivity contribution >= 4 is 22.4 Å². The zero-order chi connectivity index (χ0) is 15.0. The van der Waals surface area contributed by atoms with E-state index in [9.17, 15) is 14.4 Å². The minimum absolute atomic E-state index is 0.125. The van der Waals surface area contributed by atoms with E-state index in [1.165, 1.54) is 6.07 Å². The molecule has 5 N–H and O–H groups in total. The number of anilines is 1. The van der Waals surface area contributed by atoms with Crippen LogP contribution in [0.25, 0.3) is 10.8 Å². The van der Waals surface area contributed by atoms with Gasteiger partial charge in [0.2, 0.25) is 5.91 Å². The first-order chi connectivity index (χ1) is 10.1. The fourth-order valence-electron chi connectivity index (χ4n) is 2.48. The lowest BCUT2D eigenvalue weighted by Crippen LogP contribution is -2.25. The van der Waals surface area contributed by atoms with Crippen molar-refractivity contribution in [2.24, 2.45) is 11.7 Å². The van der Waals surface area contributed by atoms with Crippen LogP contribution in [0.4, 0.5) is 5.69 Å². The van der Waals surface area contributed by atoms with Crippen molar-refractivity contribution in [3.63, 3.8) is 0 Å². The summed E-state index contributed by atoms with van der Waals surface area (Å²) < 4.78 is 0. The van der Waals surface area contributed by atoms with Gasteiger partial charge in [-0.05, 0) is 18.6 Å². The summed E-state index contributed by atoms with van der Waals surface area (Å²) in [6.07, 6.45) is 4.07. The van der Waals surface area contributed by atoms with Gasteiger partial charge in [0.25, 0.3) is 11.1 Å². The summed E-state index contributed by atoms with van der Waals surface area (Å²) in [6.45, 7) is 0. The predicted molar refractivity (Wildman–Crippen MR) is 79.0 cm³/mol. The molecule has 2 aromatic rings. The Balaban J connectivity index is 2.00. The minimum atomic E-state index is -0.459.